The van der Waals surface area contributed by atoms with Gasteiger partial charge in [0, 0.05) is 11.7 Å². The molecule has 0 saturated heterocycles. The Hall–Kier alpha value is -2.73. The fraction of sp³-hybridized carbons (Fsp3) is 0.364. The Kier molecular flexibility index (Phi) is 7.70. The highest BCUT2D eigenvalue weighted by molar-refractivity contribution is 6.10. The highest BCUT2D eigenvalue weighted by atomic mass is 19.1. The quantitative estimate of drug-likeness (QED) is 0.709. The van der Waals surface area contributed by atoms with Crippen molar-refractivity contribution in [2.75, 3.05) is 24.2 Å². The summed E-state index contributed by atoms with van der Waals surface area (Å²) in [4.78, 5) is 27.0. The topological polar surface area (TPSA) is 61.4 Å². The smallest absolute Gasteiger partial charge is 0.257 e. The van der Waals surface area contributed by atoms with Crippen LogP contribution in [0.4, 0.5) is 15.8 Å². The first-order valence-corrected chi connectivity index (χ1v) is 9.42. The molecular formula is C22H28FN3O2. The van der Waals surface area contributed by atoms with Crippen molar-refractivity contribution in [3.8, 4) is 0 Å². The molecule has 0 saturated carbocycles. The predicted octanol–water partition coefficient (Wildman–Crippen LogP) is 4.38. The molecular weight excluding hydrogens is 357 g/mol. The number of para-hydroxylation sites is 1. The monoisotopic (exact) mass is 385 g/mol. The average molecular weight is 385 g/mol. The summed E-state index contributed by atoms with van der Waals surface area (Å²) < 4.78 is 13.0. The molecule has 1 unspecified atom stereocenters. The Bertz CT molecular complexity index is 806. The summed E-state index contributed by atoms with van der Waals surface area (Å²) in [6.07, 6.45) is 1.00. The molecule has 0 aliphatic heterocycles. The lowest BCUT2D eigenvalue weighted by atomic mass is 10.0. The molecule has 2 aromatic rings. The lowest BCUT2D eigenvalue weighted by molar-refractivity contribution is -0.117. The molecule has 0 aliphatic carbocycles. The van der Waals surface area contributed by atoms with Gasteiger partial charge in [-0.05, 0) is 62.7 Å². The van der Waals surface area contributed by atoms with Crippen molar-refractivity contribution in [2.24, 2.45) is 5.92 Å². The maximum absolute atomic E-state index is 13.0. The minimum Gasteiger partial charge on any atom is -0.324 e. The number of anilines is 2. The predicted molar refractivity (Wildman–Crippen MR) is 111 cm³/mol. The number of rotatable bonds is 8. The third kappa shape index (κ3) is 6.46. The molecule has 2 aromatic carbocycles. The van der Waals surface area contributed by atoms with Crippen LogP contribution < -0.4 is 10.6 Å². The SMILES string of the molecule is CC(C)CC(C)N(C)CC(=O)Nc1ccccc1C(=O)Nc1ccc(F)cc1. The minimum atomic E-state index is -0.374. The Labute approximate surface area is 165 Å². The van der Waals surface area contributed by atoms with E-state index in [9.17, 15) is 14.0 Å². The van der Waals surface area contributed by atoms with Gasteiger partial charge in [-0.25, -0.2) is 4.39 Å². The van der Waals surface area contributed by atoms with Crippen molar-refractivity contribution >= 4 is 23.2 Å². The molecule has 0 spiro atoms. The fourth-order valence-corrected chi connectivity index (χ4v) is 2.96. The van der Waals surface area contributed by atoms with E-state index >= 15 is 0 Å². The Morgan fingerprint density at radius 3 is 2.29 bits per heavy atom. The van der Waals surface area contributed by atoms with E-state index in [4.69, 9.17) is 0 Å². The van der Waals surface area contributed by atoms with Gasteiger partial charge in [-0.2, -0.15) is 0 Å². The van der Waals surface area contributed by atoms with Crippen molar-refractivity contribution < 1.29 is 14.0 Å². The van der Waals surface area contributed by atoms with Crippen LogP contribution in [0.5, 0.6) is 0 Å². The number of carbonyl (C=O) groups is 2. The summed E-state index contributed by atoms with van der Waals surface area (Å²) in [6.45, 7) is 6.64. The lowest BCUT2D eigenvalue weighted by Gasteiger charge is -2.25. The molecule has 2 N–H and O–H groups in total. The Morgan fingerprint density at radius 1 is 1.00 bits per heavy atom. The van der Waals surface area contributed by atoms with E-state index in [-0.39, 0.29) is 30.2 Å². The molecule has 0 radical (unpaired) electrons. The third-order valence-electron chi connectivity index (χ3n) is 4.51. The van der Waals surface area contributed by atoms with Crippen LogP contribution in [0.2, 0.25) is 0 Å². The molecule has 2 rings (SSSR count). The molecule has 6 heteroatoms. The second kappa shape index (κ2) is 9.99. The van der Waals surface area contributed by atoms with Crippen molar-refractivity contribution in [3.05, 3.63) is 59.9 Å². The summed E-state index contributed by atoms with van der Waals surface area (Å²) in [5.41, 5.74) is 1.27. The van der Waals surface area contributed by atoms with E-state index in [0.29, 0.717) is 22.9 Å². The molecule has 5 nitrogen and oxygen atoms in total. The molecule has 2 amide bonds. The number of carbonyl (C=O) groups excluding carboxylic acids is 2. The van der Waals surface area contributed by atoms with Crippen LogP contribution in [0.25, 0.3) is 0 Å². The van der Waals surface area contributed by atoms with Crippen LogP contribution in [-0.4, -0.2) is 36.3 Å². The molecule has 0 heterocycles. The van der Waals surface area contributed by atoms with Gasteiger partial charge in [0.25, 0.3) is 5.91 Å². The zero-order valence-electron chi connectivity index (χ0n) is 16.8. The van der Waals surface area contributed by atoms with Gasteiger partial charge in [0.2, 0.25) is 5.91 Å². The Morgan fingerprint density at radius 2 is 1.64 bits per heavy atom. The van der Waals surface area contributed by atoms with Crippen LogP contribution >= 0.6 is 0 Å². The van der Waals surface area contributed by atoms with Crippen LogP contribution in [0.3, 0.4) is 0 Å². The molecule has 0 fully saturated rings. The molecule has 1 atom stereocenters. The summed E-state index contributed by atoms with van der Waals surface area (Å²) in [5.74, 6) is -0.373. The van der Waals surface area contributed by atoms with Crippen LogP contribution in [0, 0.1) is 11.7 Å². The van der Waals surface area contributed by atoms with Gasteiger partial charge in [0.15, 0.2) is 0 Å². The highest BCUT2D eigenvalue weighted by Gasteiger charge is 2.17. The Balaban J connectivity index is 2.03. The van der Waals surface area contributed by atoms with Crippen molar-refractivity contribution in [1.82, 2.24) is 4.90 Å². The number of hydrogen-bond acceptors (Lipinski definition) is 3. The normalized spacial score (nSPS) is 12.1. The maximum atomic E-state index is 13.0. The zero-order valence-corrected chi connectivity index (χ0v) is 16.8. The fourth-order valence-electron chi connectivity index (χ4n) is 2.96. The summed E-state index contributed by atoms with van der Waals surface area (Å²) in [7, 11) is 1.92. The van der Waals surface area contributed by atoms with Gasteiger partial charge < -0.3 is 10.6 Å². The molecule has 0 bridgehead atoms. The number of likely N-dealkylation sites (N-methyl/N-ethyl adjacent to an activating group) is 1. The third-order valence-corrected chi connectivity index (χ3v) is 4.51. The average Bonchev–Trinajstić information content (AvgIpc) is 2.63. The highest BCUT2D eigenvalue weighted by Crippen LogP contribution is 2.18. The number of benzene rings is 2. The standard InChI is InChI=1S/C22H28FN3O2/c1-15(2)13-16(3)26(4)14-21(27)25-20-8-6-5-7-19(20)22(28)24-18-11-9-17(23)10-12-18/h5-12,15-16H,13-14H2,1-4H3,(H,24,28)(H,25,27). The van der Waals surface area contributed by atoms with Gasteiger partial charge in [-0.3, -0.25) is 14.5 Å². The molecule has 0 aromatic heterocycles. The largest absolute Gasteiger partial charge is 0.324 e. The molecule has 28 heavy (non-hydrogen) atoms. The van der Waals surface area contributed by atoms with Gasteiger partial charge >= 0.3 is 0 Å². The zero-order chi connectivity index (χ0) is 20.7. The van der Waals surface area contributed by atoms with E-state index < -0.39 is 0 Å². The number of amides is 2. The van der Waals surface area contributed by atoms with Crippen molar-refractivity contribution in [1.29, 1.82) is 0 Å². The summed E-state index contributed by atoms with van der Waals surface area (Å²) in [6, 6.07) is 12.6. The van der Waals surface area contributed by atoms with Crippen LogP contribution in [0.15, 0.2) is 48.5 Å². The van der Waals surface area contributed by atoms with Gasteiger partial charge in [0.1, 0.15) is 5.82 Å². The lowest BCUT2D eigenvalue weighted by Crippen LogP contribution is -2.37. The second-order valence-electron chi connectivity index (χ2n) is 7.45. The van der Waals surface area contributed by atoms with E-state index in [1.807, 2.05) is 11.9 Å². The van der Waals surface area contributed by atoms with Gasteiger partial charge in [0.05, 0.1) is 17.8 Å². The second-order valence-corrected chi connectivity index (χ2v) is 7.45. The molecule has 150 valence electrons. The first kappa shape index (κ1) is 21.6. The number of nitrogens with one attached hydrogen (secondary N) is 2. The van der Waals surface area contributed by atoms with Crippen LogP contribution in [-0.2, 0) is 4.79 Å². The van der Waals surface area contributed by atoms with Crippen molar-refractivity contribution in [3.63, 3.8) is 0 Å². The van der Waals surface area contributed by atoms with Gasteiger partial charge in [-0.15, -0.1) is 0 Å². The van der Waals surface area contributed by atoms with Gasteiger partial charge in [-0.1, -0.05) is 26.0 Å². The van der Waals surface area contributed by atoms with E-state index in [1.54, 1.807) is 24.3 Å². The first-order chi connectivity index (χ1) is 13.3. The van der Waals surface area contributed by atoms with E-state index in [0.717, 1.165) is 6.42 Å². The van der Waals surface area contributed by atoms with Crippen LogP contribution in [0.1, 0.15) is 37.6 Å². The first-order valence-electron chi connectivity index (χ1n) is 9.42. The number of hydrogen-bond donors (Lipinski definition) is 2. The molecule has 0 aliphatic rings. The number of halogens is 1. The van der Waals surface area contributed by atoms with Crippen molar-refractivity contribution in [2.45, 2.75) is 33.2 Å². The maximum Gasteiger partial charge on any atom is 0.257 e. The van der Waals surface area contributed by atoms with E-state index in [1.165, 1.54) is 24.3 Å². The van der Waals surface area contributed by atoms with E-state index in [2.05, 4.69) is 31.4 Å². The summed E-state index contributed by atoms with van der Waals surface area (Å²) >= 11 is 0. The number of nitrogens with zero attached hydrogens (tertiary/aromatic N) is 1. The summed E-state index contributed by atoms with van der Waals surface area (Å²) in [5, 5.41) is 5.54. The minimum absolute atomic E-state index is 0.180.